The highest BCUT2D eigenvalue weighted by atomic mass is 32.1. The zero-order valence-corrected chi connectivity index (χ0v) is 12.4. The summed E-state index contributed by atoms with van der Waals surface area (Å²) in [6.07, 6.45) is 0. The van der Waals surface area contributed by atoms with Gasteiger partial charge in [-0.3, -0.25) is 0 Å². The first kappa shape index (κ1) is 14.0. The van der Waals surface area contributed by atoms with E-state index in [1.807, 2.05) is 31.5 Å². The Bertz CT molecular complexity index is 551. The summed E-state index contributed by atoms with van der Waals surface area (Å²) in [6, 6.07) is 8.94. The molecule has 0 amide bonds. The summed E-state index contributed by atoms with van der Waals surface area (Å²) in [6.45, 7) is 3.84. The molecule has 1 heterocycles. The van der Waals surface area contributed by atoms with Gasteiger partial charge in [-0.15, -0.1) is 11.3 Å². The number of nitrogens with zero attached hydrogens (tertiary/aromatic N) is 1. The van der Waals surface area contributed by atoms with Crippen molar-refractivity contribution in [2.75, 3.05) is 19.0 Å². The van der Waals surface area contributed by atoms with Crippen molar-refractivity contribution in [3.05, 3.63) is 51.5 Å². The molecule has 0 saturated heterocycles. The van der Waals surface area contributed by atoms with Crippen LogP contribution >= 0.6 is 11.3 Å². The molecule has 0 spiro atoms. The summed E-state index contributed by atoms with van der Waals surface area (Å²) in [5.74, 6) is -0.192. The lowest BCUT2D eigenvalue weighted by Gasteiger charge is -2.19. The second kappa shape index (κ2) is 6.17. The number of anilines is 1. The van der Waals surface area contributed by atoms with Gasteiger partial charge in [0.1, 0.15) is 5.82 Å². The molecule has 0 radical (unpaired) electrons. The van der Waals surface area contributed by atoms with Crippen molar-refractivity contribution < 1.29 is 4.39 Å². The molecule has 2 nitrogen and oxygen atoms in total. The molecule has 1 aromatic heterocycles. The molecule has 2 aromatic rings. The van der Waals surface area contributed by atoms with Crippen LogP contribution in [-0.2, 0) is 13.1 Å². The van der Waals surface area contributed by atoms with E-state index in [0.717, 1.165) is 18.8 Å². The Hall–Kier alpha value is -1.39. The van der Waals surface area contributed by atoms with Crippen LogP contribution in [0.15, 0.2) is 30.3 Å². The van der Waals surface area contributed by atoms with E-state index in [4.69, 9.17) is 0 Å². The Balaban J connectivity index is 2.12. The molecule has 0 aliphatic carbocycles. The smallest absolute Gasteiger partial charge is 0.125 e. The van der Waals surface area contributed by atoms with E-state index in [1.165, 1.54) is 21.4 Å². The van der Waals surface area contributed by atoms with Gasteiger partial charge in [0, 0.05) is 35.6 Å². The van der Waals surface area contributed by atoms with Crippen molar-refractivity contribution in [2.24, 2.45) is 0 Å². The van der Waals surface area contributed by atoms with Gasteiger partial charge in [-0.2, -0.15) is 0 Å². The van der Waals surface area contributed by atoms with E-state index in [9.17, 15) is 4.39 Å². The molecule has 0 saturated carbocycles. The van der Waals surface area contributed by atoms with Gasteiger partial charge >= 0.3 is 0 Å². The Kier molecular flexibility index (Phi) is 4.56. The first-order valence-electron chi connectivity index (χ1n) is 6.29. The van der Waals surface area contributed by atoms with Gasteiger partial charge < -0.3 is 10.2 Å². The normalized spacial score (nSPS) is 10.7. The molecule has 0 bridgehead atoms. The number of hydrogen-bond acceptors (Lipinski definition) is 3. The van der Waals surface area contributed by atoms with Gasteiger partial charge in [-0.1, -0.05) is 6.07 Å². The molecule has 2 rings (SSSR count). The monoisotopic (exact) mass is 278 g/mol. The molecule has 0 aliphatic heterocycles. The minimum absolute atomic E-state index is 0.192. The van der Waals surface area contributed by atoms with Crippen LogP contribution in [0.2, 0.25) is 0 Å². The number of thiophene rings is 1. The molecule has 19 heavy (non-hydrogen) atoms. The van der Waals surface area contributed by atoms with Crippen molar-refractivity contribution in [3.63, 3.8) is 0 Å². The Morgan fingerprint density at radius 1 is 1.32 bits per heavy atom. The fourth-order valence-electron chi connectivity index (χ4n) is 2.07. The summed E-state index contributed by atoms with van der Waals surface area (Å²) in [7, 11) is 3.94. The lowest BCUT2D eigenvalue weighted by atomic mass is 10.2. The number of nitrogens with one attached hydrogen (secondary N) is 1. The minimum Gasteiger partial charge on any atom is -0.370 e. The third-order valence-corrected chi connectivity index (χ3v) is 4.17. The van der Waals surface area contributed by atoms with E-state index < -0.39 is 0 Å². The maximum atomic E-state index is 13.2. The Morgan fingerprint density at radius 2 is 2.11 bits per heavy atom. The Morgan fingerprint density at radius 3 is 2.79 bits per heavy atom. The van der Waals surface area contributed by atoms with Crippen molar-refractivity contribution in [2.45, 2.75) is 20.0 Å². The van der Waals surface area contributed by atoms with Crippen LogP contribution in [-0.4, -0.2) is 14.1 Å². The average molecular weight is 278 g/mol. The van der Waals surface area contributed by atoms with Crippen molar-refractivity contribution in [1.82, 2.24) is 5.32 Å². The highest BCUT2D eigenvalue weighted by Gasteiger charge is 2.09. The predicted molar refractivity (Wildman–Crippen MR) is 80.3 cm³/mol. The molecular formula is C15H19FN2S. The van der Waals surface area contributed by atoms with E-state index in [-0.39, 0.29) is 5.82 Å². The molecule has 0 atom stereocenters. The third kappa shape index (κ3) is 3.55. The first-order valence-corrected chi connectivity index (χ1v) is 7.11. The summed E-state index contributed by atoms with van der Waals surface area (Å²) < 4.78 is 13.2. The van der Waals surface area contributed by atoms with Crippen LogP contribution in [0.5, 0.6) is 0 Å². The van der Waals surface area contributed by atoms with Gasteiger partial charge in [-0.05, 0) is 43.8 Å². The number of hydrogen-bond donors (Lipinski definition) is 1. The average Bonchev–Trinajstić information content (AvgIpc) is 2.70. The molecule has 0 fully saturated rings. The van der Waals surface area contributed by atoms with Crippen LogP contribution in [0, 0.1) is 12.7 Å². The maximum absolute atomic E-state index is 13.2. The van der Waals surface area contributed by atoms with Crippen LogP contribution in [0.3, 0.4) is 0 Å². The molecule has 1 N–H and O–H groups in total. The molecule has 0 aliphatic rings. The van der Waals surface area contributed by atoms with Crippen molar-refractivity contribution in [1.29, 1.82) is 0 Å². The quantitative estimate of drug-likeness (QED) is 0.899. The number of benzene rings is 1. The number of halogens is 1. The largest absolute Gasteiger partial charge is 0.370 e. The molecule has 0 unspecified atom stereocenters. The van der Waals surface area contributed by atoms with Crippen LogP contribution < -0.4 is 10.2 Å². The predicted octanol–water partition coefficient (Wildman–Crippen LogP) is 3.55. The van der Waals surface area contributed by atoms with Gasteiger partial charge in [0.15, 0.2) is 0 Å². The van der Waals surface area contributed by atoms with Gasteiger partial charge in [0.25, 0.3) is 0 Å². The summed E-state index contributed by atoms with van der Waals surface area (Å²) in [5, 5.41) is 3.16. The molecular weight excluding hydrogens is 259 g/mol. The SMILES string of the molecule is CNCc1cc(CN(C)c2cccc(F)c2)c(C)s1. The fraction of sp³-hybridized carbons (Fsp3) is 0.333. The lowest BCUT2D eigenvalue weighted by Crippen LogP contribution is -2.16. The third-order valence-electron chi connectivity index (χ3n) is 3.08. The fourth-order valence-corrected chi connectivity index (χ4v) is 3.13. The summed E-state index contributed by atoms with van der Waals surface area (Å²) in [4.78, 5) is 4.73. The molecule has 102 valence electrons. The molecule has 1 aromatic carbocycles. The van der Waals surface area contributed by atoms with Gasteiger partial charge in [0.2, 0.25) is 0 Å². The summed E-state index contributed by atoms with van der Waals surface area (Å²) >= 11 is 1.82. The second-order valence-corrected chi connectivity index (χ2v) is 6.00. The zero-order chi connectivity index (χ0) is 13.8. The minimum atomic E-state index is -0.192. The lowest BCUT2D eigenvalue weighted by molar-refractivity contribution is 0.627. The first-order chi connectivity index (χ1) is 9.10. The van der Waals surface area contributed by atoms with Crippen molar-refractivity contribution >= 4 is 17.0 Å². The van der Waals surface area contributed by atoms with E-state index in [0.29, 0.717) is 0 Å². The highest BCUT2D eigenvalue weighted by molar-refractivity contribution is 7.12. The highest BCUT2D eigenvalue weighted by Crippen LogP contribution is 2.24. The molecule has 4 heteroatoms. The van der Waals surface area contributed by atoms with Crippen molar-refractivity contribution in [3.8, 4) is 0 Å². The van der Waals surface area contributed by atoms with Crippen LogP contribution in [0.25, 0.3) is 0 Å². The van der Waals surface area contributed by atoms with E-state index >= 15 is 0 Å². The summed E-state index contributed by atoms with van der Waals surface area (Å²) in [5.41, 5.74) is 2.21. The second-order valence-electron chi connectivity index (χ2n) is 4.66. The van der Waals surface area contributed by atoms with E-state index in [2.05, 4.69) is 23.2 Å². The maximum Gasteiger partial charge on any atom is 0.125 e. The standard InChI is InChI=1S/C15H19FN2S/c1-11-12(7-15(19-11)9-17-2)10-18(3)14-6-4-5-13(16)8-14/h4-8,17H,9-10H2,1-3H3. The number of rotatable bonds is 5. The van der Waals surface area contributed by atoms with Gasteiger partial charge in [0.05, 0.1) is 0 Å². The van der Waals surface area contributed by atoms with Crippen LogP contribution in [0.4, 0.5) is 10.1 Å². The van der Waals surface area contributed by atoms with Gasteiger partial charge in [-0.25, -0.2) is 4.39 Å². The topological polar surface area (TPSA) is 15.3 Å². The number of aryl methyl sites for hydroxylation is 1. The van der Waals surface area contributed by atoms with Crippen LogP contribution in [0.1, 0.15) is 15.3 Å². The zero-order valence-electron chi connectivity index (χ0n) is 11.5. The van der Waals surface area contributed by atoms with E-state index in [1.54, 1.807) is 12.1 Å². The Labute approximate surface area is 117 Å².